The molecule has 4 rings (SSSR count). The van der Waals surface area contributed by atoms with Gasteiger partial charge in [0.2, 0.25) is 5.95 Å². The van der Waals surface area contributed by atoms with E-state index in [0.717, 1.165) is 19.5 Å². The number of nitro benzene ring substituents is 1. The number of nitrogens with zero attached hydrogens (tertiary/aromatic N) is 4. The minimum Gasteiger partial charge on any atom is -0.342 e. The Morgan fingerprint density at radius 2 is 1.82 bits per heavy atom. The fourth-order valence-corrected chi connectivity index (χ4v) is 4.04. The molecule has 1 aliphatic heterocycles. The molecular formula is C20H21N5O3. The van der Waals surface area contributed by atoms with E-state index in [1.54, 1.807) is 24.4 Å². The molecule has 1 aliphatic rings. The zero-order valence-electron chi connectivity index (χ0n) is 15.8. The lowest BCUT2D eigenvalue weighted by Gasteiger charge is -2.35. The minimum atomic E-state index is -0.449. The van der Waals surface area contributed by atoms with Gasteiger partial charge < -0.3 is 4.90 Å². The van der Waals surface area contributed by atoms with E-state index in [-0.39, 0.29) is 11.2 Å². The standard InChI is InChI=1S/C20H21N5O3/c1-12-9-13(2)11-24(10-12)20-22-18-17(19(26)23-20)16(7-8-21-18)14-3-5-15(6-4-14)25(27)28/h3-8,12-13H,9-11H2,1-2H3,(H,21,22,23,26). The summed E-state index contributed by atoms with van der Waals surface area (Å²) >= 11 is 0. The zero-order valence-corrected chi connectivity index (χ0v) is 15.8. The molecule has 3 heterocycles. The van der Waals surface area contributed by atoms with Crippen molar-refractivity contribution in [1.82, 2.24) is 15.0 Å². The van der Waals surface area contributed by atoms with E-state index >= 15 is 0 Å². The van der Waals surface area contributed by atoms with Crippen LogP contribution in [0.15, 0.2) is 41.3 Å². The second-order valence-corrected chi connectivity index (χ2v) is 7.60. The summed E-state index contributed by atoms with van der Waals surface area (Å²) in [6.07, 6.45) is 2.77. The first-order valence-electron chi connectivity index (χ1n) is 9.31. The fourth-order valence-electron chi connectivity index (χ4n) is 4.04. The summed E-state index contributed by atoms with van der Waals surface area (Å²) in [6, 6.07) is 7.84. The van der Waals surface area contributed by atoms with E-state index in [9.17, 15) is 14.9 Å². The maximum absolute atomic E-state index is 12.9. The van der Waals surface area contributed by atoms with Crippen LogP contribution < -0.4 is 10.5 Å². The number of non-ortho nitro benzene ring substituents is 1. The molecule has 1 fully saturated rings. The van der Waals surface area contributed by atoms with Crippen LogP contribution in [0.2, 0.25) is 0 Å². The maximum Gasteiger partial charge on any atom is 0.269 e. The predicted octanol–water partition coefficient (Wildman–Crippen LogP) is 3.38. The highest BCUT2D eigenvalue weighted by atomic mass is 16.6. The van der Waals surface area contributed by atoms with Crippen LogP contribution in [0.4, 0.5) is 11.6 Å². The maximum atomic E-state index is 12.9. The van der Waals surface area contributed by atoms with E-state index < -0.39 is 4.92 Å². The lowest BCUT2D eigenvalue weighted by Crippen LogP contribution is -2.40. The van der Waals surface area contributed by atoms with Gasteiger partial charge in [-0.2, -0.15) is 4.98 Å². The van der Waals surface area contributed by atoms with E-state index in [4.69, 9.17) is 0 Å². The second-order valence-electron chi connectivity index (χ2n) is 7.60. The Bertz CT molecular complexity index is 1080. The number of pyridine rings is 1. The van der Waals surface area contributed by atoms with Gasteiger partial charge in [0.25, 0.3) is 11.2 Å². The first-order chi connectivity index (χ1) is 13.4. The predicted molar refractivity (Wildman–Crippen MR) is 107 cm³/mol. The van der Waals surface area contributed by atoms with Crippen LogP contribution in [0.1, 0.15) is 20.3 Å². The third kappa shape index (κ3) is 3.33. The Morgan fingerprint density at radius 3 is 2.46 bits per heavy atom. The number of hydrogen-bond donors (Lipinski definition) is 1. The van der Waals surface area contributed by atoms with E-state index in [2.05, 4.69) is 33.7 Å². The van der Waals surface area contributed by atoms with Gasteiger partial charge in [0.1, 0.15) is 0 Å². The van der Waals surface area contributed by atoms with Crippen molar-refractivity contribution in [3.8, 4) is 11.1 Å². The molecule has 0 aliphatic carbocycles. The summed E-state index contributed by atoms with van der Waals surface area (Å²) in [6.45, 7) is 6.10. The molecular weight excluding hydrogens is 358 g/mol. The van der Waals surface area contributed by atoms with Crippen LogP contribution in [0.3, 0.4) is 0 Å². The second kappa shape index (κ2) is 7.03. The Labute approximate surface area is 161 Å². The molecule has 1 aromatic carbocycles. The summed E-state index contributed by atoms with van der Waals surface area (Å²) in [5, 5.41) is 11.3. The average molecular weight is 379 g/mol. The van der Waals surface area contributed by atoms with E-state index in [0.29, 0.717) is 39.9 Å². The number of nitrogens with one attached hydrogen (secondary N) is 1. The monoisotopic (exact) mass is 379 g/mol. The lowest BCUT2D eigenvalue weighted by molar-refractivity contribution is -0.384. The minimum absolute atomic E-state index is 0.00442. The van der Waals surface area contributed by atoms with Gasteiger partial charge in [0, 0.05) is 31.4 Å². The number of aromatic nitrogens is 3. The Kier molecular flexibility index (Phi) is 4.54. The topological polar surface area (TPSA) is 105 Å². The molecule has 0 radical (unpaired) electrons. The third-order valence-corrected chi connectivity index (χ3v) is 5.15. The normalized spacial score (nSPS) is 19.7. The van der Waals surface area contributed by atoms with Crippen molar-refractivity contribution in [2.45, 2.75) is 20.3 Å². The highest BCUT2D eigenvalue weighted by molar-refractivity contribution is 5.92. The molecule has 3 aromatic rings. The number of anilines is 1. The van der Waals surface area contributed by atoms with Crippen LogP contribution in [-0.4, -0.2) is 33.0 Å². The highest BCUT2D eigenvalue weighted by Crippen LogP contribution is 2.28. The summed E-state index contributed by atoms with van der Waals surface area (Å²) < 4.78 is 0. The smallest absolute Gasteiger partial charge is 0.269 e. The number of fused-ring (bicyclic) bond motifs is 1. The highest BCUT2D eigenvalue weighted by Gasteiger charge is 2.24. The fraction of sp³-hybridized carbons (Fsp3) is 0.350. The van der Waals surface area contributed by atoms with Gasteiger partial charge in [0.15, 0.2) is 5.65 Å². The van der Waals surface area contributed by atoms with Crippen molar-refractivity contribution in [2.75, 3.05) is 18.0 Å². The van der Waals surface area contributed by atoms with Crippen molar-refractivity contribution in [3.05, 3.63) is 57.0 Å². The number of benzene rings is 1. The van der Waals surface area contributed by atoms with Crippen LogP contribution in [0, 0.1) is 22.0 Å². The van der Waals surface area contributed by atoms with Crippen molar-refractivity contribution >= 4 is 22.7 Å². The first kappa shape index (κ1) is 18.1. The molecule has 0 bridgehead atoms. The van der Waals surface area contributed by atoms with Gasteiger partial charge in [-0.05, 0) is 47.6 Å². The molecule has 2 atom stereocenters. The summed E-state index contributed by atoms with van der Waals surface area (Å²) in [5.74, 6) is 1.61. The number of nitro groups is 1. The molecule has 144 valence electrons. The molecule has 0 amide bonds. The van der Waals surface area contributed by atoms with Gasteiger partial charge in [-0.25, -0.2) is 4.98 Å². The summed E-state index contributed by atoms with van der Waals surface area (Å²) in [5.41, 5.74) is 1.48. The van der Waals surface area contributed by atoms with Gasteiger partial charge in [-0.15, -0.1) is 0 Å². The Morgan fingerprint density at radius 1 is 1.14 bits per heavy atom. The van der Waals surface area contributed by atoms with Crippen molar-refractivity contribution in [2.24, 2.45) is 11.8 Å². The molecule has 8 heteroatoms. The van der Waals surface area contributed by atoms with Crippen LogP contribution in [0.5, 0.6) is 0 Å². The van der Waals surface area contributed by atoms with Crippen molar-refractivity contribution in [1.29, 1.82) is 0 Å². The van der Waals surface area contributed by atoms with Crippen LogP contribution >= 0.6 is 0 Å². The number of aromatic amines is 1. The van der Waals surface area contributed by atoms with Gasteiger partial charge in [0.05, 0.1) is 10.3 Å². The number of hydrogen-bond acceptors (Lipinski definition) is 6. The lowest BCUT2D eigenvalue weighted by atomic mass is 9.92. The van der Waals surface area contributed by atoms with Crippen LogP contribution in [-0.2, 0) is 0 Å². The first-order valence-corrected chi connectivity index (χ1v) is 9.31. The molecule has 0 saturated carbocycles. The zero-order chi connectivity index (χ0) is 19.8. The summed E-state index contributed by atoms with van der Waals surface area (Å²) in [7, 11) is 0. The van der Waals surface area contributed by atoms with Gasteiger partial charge >= 0.3 is 0 Å². The summed E-state index contributed by atoms with van der Waals surface area (Å²) in [4.78, 5) is 37.3. The van der Waals surface area contributed by atoms with Crippen LogP contribution in [0.25, 0.3) is 22.2 Å². The van der Waals surface area contributed by atoms with Gasteiger partial charge in [-0.1, -0.05) is 13.8 Å². The average Bonchev–Trinajstić information content (AvgIpc) is 2.66. The largest absolute Gasteiger partial charge is 0.342 e. The van der Waals surface area contributed by atoms with E-state index in [1.165, 1.54) is 12.1 Å². The molecule has 8 nitrogen and oxygen atoms in total. The molecule has 1 saturated heterocycles. The van der Waals surface area contributed by atoms with Crippen molar-refractivity contribution < 1.29 is 4.92 Å². The molecule has 1 N–H and O–H groups in total. The molecule has 0 spiro atoms. The molecule has 28 heavy (non-hydrogen) atoms. The molecule has 2 unspecified atom stereocenters. The number of H-pyrrole nitrogens is 1. The number of rotatable bonds is 3. The number of piperidine rings is 1. The van der Waals surface area contributed by atoms with Gasteiger partial charge in [-0.3, -0.25) is 19.9 Å². The third-order valence-electron chi connectivity index (χ3n) is 5.15. The van der Waals surface area contributed by atoms with E-state index in [1.807, 2.05) is 0 Å². The SMILES string of the molecule is CC1CC(C)CN(c2nc3nccc(-c4ccc([N+](=O)[O-])cc4)c3c(=O)[nH]2)C1. The van der Waals surface area contributed by atoms with Crippen molar-refractivity contribution in [3.63, 3.8) is 0 Å². The Balaban J connectivity index is 1.79. The molecule has 2 aromatic heterocycles. The Hall–Kier alpha value is -3.29. The quantitative estimate of drug-likeness (QED) is 0.552.